The minimum absolute atomic E-state index is 0.211. The summed E-state index contributed by atoms with van der Waals surface area (Å²) in [6.45, 7) is 3.02. The van der Waals surface area contributed by atoms with E-state index >= 15 is 0 Å². The molecular weight excluding hydrogens is 308 g/mol. The highest BCUT2D eigenvalue weighted by atomic mass is 16.5. The summed E-state index contributed by atoms with van der Waals surface area (Å²) >= 11 is 0. The highest BCUT2D eigenvalue weighted by Crippen LogP contribution is 2.28. The zero-order valence-corrected chi connectivity index (χ0v) is 15.4. The molecule has 3 heteroatoms. The van der Waals surface area contributed by atoms with Crippen LogP contribution in [0.5, 0.6) is 5.75 Å². The first kappa shape index (κ1) is 18.0. The van der Waals surface area contributed by atoms with E-state index in [2.05, 4.69) is 60.0 Å². The molecule has 0 aliphatic heterocycles. The Morgan fingerprint density at radius 1 is 1.00 bits per heavy atom. The third-order valence-corrected chi connectivity index (χ3v) is 5.38. The summed E-state index contributed by atoms with van der Waals surface area (Å²) in [5, 5.41) is 7.78. The van der Waals surface area contributed by atoms with Gasteiger partial charge in [0.1, 0.15) is 5.75 Å². The van der Waals surface area contributed by atoms with E-state index in [1.807, 2.05) is 12.1 Å². The Balaban J connectivity index is 1.84. The molecule has 2 N–H and O–H groups in total. The van der Waals surface area contributed by atoms with E-state index in [9.17, 15) is 0 Å². The minimum atomic E-state index is -0.211. The average molecular weight is 338 g/mol. The zero-order valence-electron chi connectivity index (χ0n) is 15.4. The van der Waals surface area contributed by atoms with Gasteiger partial charge in [0.15, 0.2) is 0 Å². The molecule has 1 fully saturated rings. The van der Waals surface area contributed by atoms with Gasteiger partial charge in [0.25, 0.3) is 0 Å². The largest absolute Gasteiger partial charge is 0.496 e. The third kappa shape index (κ3) is 4.23. The molecule has 25 heavy (non-hydrogen) atoms. The van der Waals surface area contributed by atoms with Gasteiger partial charge in [-0.2, -0.15) is 0 Å². The van der Waals surface area contributed by atoms with Crippen molar-refractivity contribution in [1.82, 2.24) is 10.6 Å². The molecule has 3 rings (SSSR count). The Hall–Kier alpha value is -1.84. The van der Waals surface area contributed by atoms with Gasteiger partial charge in [-0.15, -0.1) is 0 Å². The molecule has 134 valence electrons. The van der Waals surface area contributed by atoms with Crippen LogP contribution in [-0.4, -0.2) is 13.2 Å². The minimum Gasteiger partial charge on any atom is -0.496 e. The number of nitrogens with one attached hydrogen (secondary N) is 2. The van der Waals surface area contributed by atoms with Crippen molar-refractivity contribution in [3.05, 3.63) is 65.7 Å². The Labute approximate surface area is 151 Å². The van der Waals surface area contributed by atoms with Gasteiger partial charge in [0, 0.05) is 18.2 Å². The van der Waals surface area contributed by atoms with Gasteiger partial charge in [0.2, 0.25) is 0 Å². The molecule has 0 saturated heterocycles. The van der Waals surface area contributed by atoms with Crippen molar-refractivity contribution >= 4 is 0 Å². The molecular formula is C22H30N2O. The first-order valence-corrected chi connectivity index (χ1v) is 9.47. The fourth-order valence-corrected chi connectivity index (χ4v) is 3.90. The van der Waals surface area contributed by atoms with Crippen molar-refractivity contribution in [1.29, 1.82) is 0 Å². The quantitative estimate of drug-likeness (QED) is 0.691. The Bertz CT molecular complexity index is 652. The van der Waals surface area contributed by atoms with E-state index in [0.29, 0.717) is 6.04 Å². The summed E-state index contributed by atoms with van der Waals surface area (Å²) in [4.78, 5) is 0. The average Bonchev–Trinajstić information content (AvgIpc) is 3.19. The third-order valence-electron chi connectivity index (χ3n) is 5.38. The van der Waals surface area contributed by atoms with E-state index in [1.165, 1.54) is 36.8 Å². The summed E-state index contributed by atoms with van der Waals surface area (Å²) in [6.07, 6.45) is 6.19. The number of benzene rings is 2. The molecule has 1 saturated carbocycles. The Morgan fingerprint density at radius 2 is 1.68 bits per heavy atom. The van der Waals surface area contributed by atoms with Crippen molar-refractivity contribution in [3.8, 4) is 5.75 Å². The van der Waals surface area contributed by atoms with Gasteiger partial charge in [-0.3, -0.25) is 10.6 Å². The van der Waals surface area contributed by atoms with E-state index in [-0.39, 0.29) is 5.66 Å². The lowest BCUT2D eigenvalue weighted by atomic mass is 9.94. The smallest absolute Gasteiger partial charge is 0.123 e. The fraction of sp³-hybridized carbons (Fsp3) is 0.455. The lowest BCUT2D eigenvalue weighted by Gasteiger charge is -2.38. The Kier molecular flexibility index (Phi) is 6.11. The van der Waals surface area contributed by atoms with Gasteiger partial charge in [-0.25, -0.2) is 0 Å². The van der Waals surface area contributed by atoms with Crippen LogP contribution in [0.15, 0.2) is 54.6 Å². The molecule has 1 aliphatic rings. The van der Waals surface area contributed by atoms with Crippen LogP contribution in [0.2, 0.25) is 0 Å². The van der Waals surface area contributed by atoms with Gasteiger partial charge in [0.05, 0.1) is 12.8 Å². The number of hydrogen-bond acceptors (Lipinski definition) is 3. The van der Waals surface area contributed by atoms with Gasteiger partial charge in [-0.1, -0.05) is 68.3 Å². The fourth-order valence-electron chi connectivity index (χ4n) is 3.90. The molecule has 1 aliphatic carbocycles. The van der Waals surface area contributed by atoms with Crippen LogP contribution in [0, 0.1) is 0 Å². The molecule has 0 spiro atoms. The Morgan fingerprint density at radius 3 is 2.36 bits per heavy atom. The van der Waals surface area contributed by atoms with Crippen molar-refractivity contribution in [2.75, 3.05) is 7.11 Å². The highest BCUT2D eigenvalue weighted by Gasteiger charge is 2.33. The molecule has 0 aromatic heterocycles. The van der Waals surface area contributed by atoms with Crippen molar-refractivity contribution in [3.63, 3.8) is 0 Å². The monoisotopic (exact) mass is 338 g/mol. The molecule has 1 unspecified atom stereocenters. The van der Waals surface area contributed by atoms with Crippen LogP contribution in [0.1, 0.15) is 50.2 Å². The first-order chi connectivity index (χ1) is 12.3. The molecule has 3 nitrogen and oxygen atoms in total. The van der Waals surface area contributed by atoms with Crippen LogP contribution in [-0.2, 0) is 12.2 Å². The molecule has 2 aromatic rings. The molecule has 0 radical (unpaired) electrons. The second-order valence-corrected chi connectivity index (χ2v) is 6.92. The lowest BCUT2D eigenvalue weighted by molar-refractivity contribution is 0.215. The zero-order chi connectivity index (χ0) is 17.5. The summed E-state index contributed by atoms with van der Waals surface area (Å²) < 4.78 is 5.52. The SMILES string of the molecule is CCC(NCc1ccccc1OC)(NC1CCCC1)c1ccccc1. The molecule has 0 heterocycles. The van der Waals surface area contributed by atoms with Gasteiger partial charge in [-0.05, 0) is 30.9 Å². The maximum atomic E-state index is 5.52. The summed E-state index contributed by atoms with van der Waals surface area (Å²) in [5.74, 6) is 0.939. The topological polar surface area (TPSA) is 33.3 Å². The highest BCUT2D eigenvalue weighted by molar-refractivity contribution is 5.33. The first-order valence-electron chi connectivity index (χ1n) is 9.47. The van der Waals surface area contributed by atoms with Crippen LogP contribution in [0.25, 0.3) is 0 Å². The normalized spacial score (nSPS) is 17.4. The second-order valence-electron chi connectivity index (χ2n) is 6.92. The van der Waals surface area contributed by atoms with Crippen molar-refractivity contribution < 1.29 is 4.74 Å². The maximum absolute atomic E-state index is 5.52. The van der Waals surface area contributed by atoms with E-state index in [4.69, 9.17) is 4.74 Å². The van der Waals surface area contributed by atoms with Crippen molar-refractivity contribution in [2.24, 2.45) is 0 Å². The predicted molar refractivity (Wildman–Crippen MR) is 104 cm³/mol. The van der Waals surface area contributed by atoms with Crippen LogP contribution in [0.4, 0.5) is 0 Å². The number of methoxy groups -OCH3 is 1. The van der Waals surface area contributed by atoms with E-state index in [0.717, 1.165) is 18.7 Å². The molecule has 0 bridgehead atoms. The van der Waals surface area contributed by atoms with E-state index in [1.54, 1.807) is 7.11 Å². The van der Waals surface area contributed by atoms with Crippen LogP contribution in [0.3, 0.4) is 0 Å². The number of hydrogen-bond donors (Lipinski definition) is 2. The summed E-state index contributed by atoms with van der Waals surface area (Å²) in [7, 11) is 1.74. The lowest BCUT2D eigenvalue weighted by Crippen LogP contribution is -2.56. The van der Waals surface area contributed by atoms with E-state index < -0.39 is 0 Å². The summed E-state index contributed by atoms with van der Waals surface area (Å²) in [6, 6.07) is 19.6. The number of rotatable bonds is 8. The molecule has 0 amide bonds. The standard InChI is InChI=1S/C22H30N2O/c1-3-22(19-12-5-4-6-13-19,24-20-14-8-9-15-20)23-17-18-11-7-10-16-21(18)25-2/h4-7,10-13,16,20,23-24H,3,8-9,14-15,17H2,1-2H3. The maximum Gasteiger partial charge on any atom is 0.123 e. The predicted octanol–water partition coefficient (Wildman–Crippen LogP) is 4.58. The van der Waals surface area contributed by atoms with Gasteiger partial charge >= 0.3 is 0 Å². The van der Waals surface area contributed by atoms with Crippen LogP contribution < -0.4 is 15.4 Å². The van der Waals surface area contributed by atoms with Gasteiger partial charge < -0.3 is 4.74 Å². The molecule has 2 aromatic carbocycles. The molecule has 1 atom stereocenters. The van der Waals surface area contributed by atoms with Crippen LogP contribution >= 0.6 is 0 Å². The summed E-state index contributed by atoms with van der Waals surface area (Å²) in [5.41, 5.74) is 2.28. The second kappa shape index (κ2) is 8.50. The number of para-hydroxylation sites is 1. The number of ether oxygens (including phenoxy) is 1. The van der Waals surface area contributed by atoms with Crippen molar-refractivity contribution in [2.45, 2.75) is 57.3 Å².